The zero-order valence-corrected chi connectivity index (χ0v) is 15.4. The molecule has 0 saturated heterocycles. The van der Waals surface area contributed by atoms with E-state index >= 15 is 0 Å². The first-order valence-electron chi connectivity index (χ1n) is 9.18. The van der Waals surface area contributed by atoms with Gasteiger partial charge in [0.1, 0.15) is 11.3 Å². The van der Waals surface area contributed by atoms with Crippen molar-refractivity contribution in [1.29, 1.82) is 0 Å². The molecule has 8 heteroatoms. The van der Waals surface area contributed by atoms with Crippen molar-refractivity contribution in [3.63, 3.8) is 0 Å². The number of rotatable bonds is 6. The van der Waals surface area contributed by atoms with Crippen LogP contribution < -0.4 is 10.9 Å². The van der Waals surface area contributed by atoms with Crippen molar-refractivity contribution in [2.75, 3.05) is 0 Å². The molecule has 2 aromatic carbocycles. The van der Waals surface area contributed by atoms with Crippen LogP contribution in [0.1, 0.15) is 31.6 Å². The van der Waals surface area contributed by atoms with Gasteiger partial charge >= 0.3 is 0 Å². The molecule has 28 heavy (non-hydrogen) atoms. The van der Waals surface area contributed by atoms with Gasteiger partial charge in [0.25, 0.3) is 5.56 Å². The fraction of sp³-hybridized carbons (Fsp3) is 0.250. The number of nitrogens with zero attached hydrogens (tertiary/aromatic N) is 4. The summed E-state index contributed by atoms with van der Waals surface area (Å²) in [6.45, 7) is 2.22. The maximum absolute atomic E-state index is 12.4. The van der Waals surface area contributed by atoms with Crippen molar-refractivity contribution >= 4 is 27.8 Å². The highest BCUT2D eigenvalue weighted by Gasteiger charge is 2.13. The third-order valence-corrected chi connectivity index (χ3v) is 4.60. The zero-order valence-electron chi connectivity index (χ0n) is 15.4. The number of hydrogen-bond acceptors (Lipinski definition) is 5. The molecular formula is C20H20N6O2. The summed E-state index contributed by atoms with van der Waals surface area (Å²) in [6.07, 6.45) is 0.775. The van der Waals surface area contributed by atoms with Crippen LogP contribution in [0, 0.1) is 0 Å². The van der Waals surface area contributed by atoms with Gasteiger partial charge < -0.3 is 10.3 Å². The lowest BCUT2D eigenvalue weighted by atomic mass is 10.2. The Labute approximate surface area is 160 Å². The van der Waals surface area contributed by atoms with E-state index in [1.165, 1.54) is 4.68 Å². The molecule has 0 fully saturated rings. The van der Waals surface area contributed by atoms with Crippen LogP contribution in [-0.2, 0) is 11.3 Å². The lowest BCUT2D eigenvalue weighted by molar-refractivity contribution is -0.121. The summed E-state index contributed by atoms with van der Waals surface area (Å²) in [5.74, 6) is 0.612. The number of hydrogen-bond donors (Lipinski definition) is 2. The summed E-state index contributed by atoms with van der Waals surface area (Å²) in [5, 5.41) is 11.5. The van der Waals surface area contributed by atoms with E-state index in [1.54, 1.807) is 18.2 Å². The standard InChI is InChI=1S/C20H20N6O2/c1-13(19-22-16-9-4-5-10-17(16)23-19)21-18(27)11-6-12-26-20(28)14-7-2-3-8-15(14)24-25-26/h2-5,7-10,13H,6,11-12H2,1H3,(H,21,27)(H,22,23). The number of nitrogens with one attached hydrogen (secondary N) is 2. The molecule has 0 saturated carbocycles. The molecule has 4 rings (SSSR count). The minimum atomic E-state index is -0.233. The largest absolute Gasteiger partial charge is 0.346 e. The maximum atomic E-state index is 12.4. The highest BCUT2D eigenvalue weighted by molar-refractivity contribution is 5.78. The number of aryl methyl sites for hydroxylation is 1. The molecule has 0 aliphatic heterocycles. The molecule has 142 valence electrons. The van der Waals surface area contributed by atoms with Crippen LogP contribution in [0.25, 0.3) is 21.9 Å². The Kier molecular flexibility index (Phi) is 4.84. The third kappa shape index (κ3) is 3.62. The molecule has 0 aliphatic carbocycles. The monoisotopic (exact) mass is 376 g/mol. The van der Waals surface area contributed by atoms with E-state index in [9.17, 15) is 9.59 Å². The van der Waals surface area contributed by atoms with E-state index in [0.29, 0.717) is 29.7 Å². The van der Waals surface area contributed by atoms with Crippen LogP contribution in [-0.4, -0.2) is 30.9 Å². The number of H-pyrrole nitrogens is 1. The van der Waals surface area contributed by atoms with E-state index in [-0.39, 0.29) is 23.9 Å². The second kappa shape index (κ2) is 7.59. The molecule has 1 amide bonds. The molecule has 1 unspecified atom stereocenters. The lowest BCUT2D eigenvalue weighted by Crippen LogP contribution is -2.28. The number of aromatic nitrogens is 5. The van der Waals surface area contributed by atoms with Crippen LogP contribution in [0.3, 0.4) is 0 Å². The molecule has 2 heterocycles. The minimum absolute atomic E-state index is 0.102. The van der Waals surface area contributed by atoms with Crippen molar-refractivity contribution in [2.24, 2.45) is 0 Å². The second-order valence-corrected chi connectivity index (χ2v) is 6.67. The van der Waals surface area contributed by atoms with Crippen LogP contribution in [0.15, 0.2) is 53.3 Å². The van der Waals surface area contributed by atoms with E-state index < -0.39 is 0 Å². The van der Waals surface area contributed by atoms with Crippen molar-refractivity contribution in [3.8, 4) is 0 Å². The topological polar surface area (TPSA) is 106 Å². The van der Waals surface area contributed by atoms with E-state index in [1.807, 2.05) is 37.3 Å². The third-order valence-electron chi connectivity index (χ3n) is 4.60. The van der Waals surface area contributed by atoms with Gasteiger partial charge in [0, 0.05) is 13.0 Å². The molecule has 0 spiro atoms. The Morgan fingerprint density at radius 3 is 2.71 bits per heavy atom. The minimum Gasteiger partial charge on any atom is -0.346 e. The smallest absolute Gasteiger partial charge is 0.277 e. The van der Waals surface area contributed by atoms with Gasteiger partial charge in [0.2, 0.25) is 5.91 Å². The number of carbonyl (C=O) groups excluding carboxylic acids is 1. The van der Waals surface area contributed by atoms with E-state index in [0.717, 1.165) is 11.0 Å². The summed E-state index contributed by atoms with van der Waals surface area (Å²) >= 11 is 0. The van der Waals surface area contributed by atoms with Gasteiger partial charge in [-0.15, -0.1) is 5.10 Å². The zero-order chi connectivity index (χ0) is 19.5. The fourth-order valence-corrected chi connectivity index (χ4v) is 3.12. The van der Waals surface area contributed by atoms with Crippen LogP contribution >= 0.6 is 0 Å². The molecule has 0 radical (unpaired) electrons. The van der Waals surface area contributed by atoms with Crippen molar-refractivity contribution in [3.05, 3.63) is 64.7 Å². The molecule has 2 N–H and O–H groups in total. The molecule has 8 nitrogen and oxygen atoms in total. The Balaban J connectivity index is 1.34. The van der Waals surface area contributed by atoms with Gasteiger partial charge in [0.15, 0.2) is 0 Å². The lowest BCUT2D eigenvalue weighted by Gasteiger charge is -2.11. The first-order chi connectivity index (χ1) is 13.6. The molecule has 0 bridgehead atoms. The summed E-state index contributed by atoms with van der Waals surface area (Å²) in [6, 6.07) is 14.6. The maximum Gasteiger partial charge on any atom is 0.277 e. The second-order valence-electron chi connectivity index (χ2n) is 6.67. The number of imidazole rings is 1. The summed E-state index contributed by atoms with van der Waals surface area (Å²) in [5.41, 5.74) is 2.18. The van der Waals surface area contributed by atoms with Crippen molar-refractivity contribution in [1.82, 2.24) is 30.3 Å². The van der Waals surface area contributed by atoms with Gasteiger partial charge in [-0.3, -0.25) is 9.59 Å². The van der Waals surface area contributed by atoms with Gasteiger partial charge in [-0.05, 0) is 37.6 Å². The van der Waals surface area contributed by atoms with Gasteiger partial charge in [-0.1, -0.05) is 29.5 Å². The molecule has 2 aromatic heterocycles. The molecule has 1 atom stereocenters. The Morgan fingerprint density at radius 2 is 1.89 bits per heavy atom. The number of amides is 1. The fourth-order valence-electron chi connectivity index (χ4n) is 3.12. The van der Waals surface area contributed by atoms with Crippen LogP contribution in [0.5, 0.6) is 0 Å². The number of para-hydroxylation sites is 2. The van der Waals surface area contributed by atoms with Gasteiger partial charge in [-0.2, -0.15) is 0 Å². The van der Waals surface area contributed by atoms with Crippen molar-refractivity contribution < 1.29 is 4.79 Å². The summed E-state index contributed by atoms with van der Waals surface area (Å²) < 4.78 is 1.30. The molecule has 0 aliphatic rings. The predicted octanol–water partition coefficient (Wildman–Crippen LogP) is 2.33. The summed E-state index contributed by atoms with van der Waals surface area (Å²) in [7, 11) is 0. The highest BCUT2D eigenvalue weighted by atomic mass is 16.1. The Morgan fingerprint density at radius 1 is 1.14 bits per heavy atom. The normalized spacial score (nSPS) is 12.3. The van der Waals surface area contributed by atoms with Crippen molar-refractivity contribution in [2.45, 2.75) is 32.4 Å². The SMILES string of the molecule is CC(NC(=O)CCCn1nnc2ccccc2c1=O)c1nc2ccccc2[nH]1. The molecular weight excluding hydrogens is 356 g/mol. The van der Waals surface area contributed by atoms with E-state index in [4.69, 9.17) is 0 Å². The van der Waals surface area contributed by atoms with E-state index in [2.05, 4.69) is 25.6 Å². The predicted molar refractivity (Wildman–Crippen MR) is 106 cm³/mol. The van der Waals surface area contributed by atoms with Crippen LogP contribution in [0.4, 0.5) is 0 Å². The number of aromatic amines is 1. The highest BCUT2D eigenvalue weighted by Crippen LogP contribution is 2.15. The summed E-state index contributed by atoms with van der Waals surface area (Å²) in [4.78, 5) is 32.4. The Hall–Kier alpha value is -3.55. The average Bonchev–Trinajstić information content (AvgIpc) is 3.14. The first-order valence-corrected chi connectivity index (χ1v) is 9.18. The Bertz CT molecular complexity index is 1160. The average molecular weight is 376 g/mol. The van der Waals surface area contributed by atoms with Crippen LogP contribution in [0.2, 0.25) is 0 Å². The number of carbonyl (C=O) groups is 1. The van der Waals surface area contributed by atoms with Gasteiger partial charge in [-0.25, -0.2) is 9.67 Å². The first kappa shape index (κ1) is 17.8. The number of benzene rings is 2. The molecule has 4 aromatic rings. The van der Waals surface area contributed by atoms with Gasteiger partial charge in [0.05, 0.1) is 22.5 Å². The quantitative estimate of drug-likeness (QED) is 0.537. The number of fused-ring (bicyclic) bond motifs is 2.